The van der Waals surface area contributed by atoms with Crippen LogP contribution >= 0.6 is 0 Å². The summed E-state index contributed by atoms with van der Waals surface area (Å²) in [6, 6.07) is 12.3. The van der Waals surface area contributed by atoms with Crippen LogP contribution < -0.4 is 15.4 Å². The van der Waals surface area contributed by atoms with Crippen LogP contribution in [-0.2, 0) is 9.59 Å². The zero-order valence-corrected chi connectivity index (χ0v) is 16.5. The van der Waals surface area contributed by atoms with Crippen LogP contribution in [0.15, 0.2) is 42.5 Å². The lowest BCUT2D eigenvalue weighted by molar-refractivity contribution is -0.132. The van der Waals surface area contributed by atoms with Gasteiger partial charge in [0, 0.05) is 18.3 Å². The predicted molar refractivity (Wildman–Crippen MR) is 108 cm³/mol. The molecule has 0 unspecified atom stereocenters. The van der Waals surface area contributed by atoms with Crippen LogP contribution in [0.1, 0.15) is 21.5 Å². The van der Waals surface area contributed by atoms with Crippen LogP contribution in [0.5, 0.6) is 5.75 Å². The Hall–Kier alpha value is -3.35. The molecule has 0 radical (unpaired) electrons. The van der Waals surface area contributed by atoms with Gasteiger partial charge in [-0.1, -0.05) is 12.1 Å². The standard InChI is InChI=1S/C21H25N3O4/c1-14-5-6-15(2)18(11-14)23-19(25)13-24(3)20(26)12-22-21(27)16-7-9-17(28-4)10-8-16/h5-11H,12-13H2,1-4H3,(H,22,27)(H,23,25). The second kappa shape index (κ2) is 9.55. The van der Waals surface area contributed by atoms with Crippen molar-refractivity contribution in [3.63, 3.8) is 0 Å². The molecule has 28 heavy (non-hydrogen) atoms. The second-order valence-electron chi connectivity index (χ2n) is 6.53. The average Bonchev–Trinajstić information content (AvgIpc) is 2.68. The van der Waals surface area contributed by atoms with E-state index in [1.54, 1.807) is 31.4 Å². The molecule has 148 valence electrons. The van der Waals surface area contributed by atoms with Crippen molar-refractivity contribution in [2.45, 2.75) is 13.8 Å². The van der Waals surface area contributed by atoms with Crippen LogP contribution in [0.2, 0.25) is 0 Å². The Labute approximate surface area is 164 Å². The van der Waals surface area contributed by atoms with Crippen molar-refractivity contribution < 1.29 is 19.1 Å². The Bertz CT molecular complexity index is 862. The van der Waals surface area contributed by atoms with Gasteiger partial charge in [0.05, 0.1) is 20.2 Å². The highest BCUT2D eigenvalue weighted by atomic mass is 16.5. The van der Waals surface area contributed by atoms with Crippen LogP contribution in [0.25, 0.3) is 0 Å². The predicted octanol–water partition coefficient (Wildman–Crippen LogP) is 2.14. The Balaban J connectivity index is 1.83. The molecule has 0 aliphatic carbocycles. The fourth-order valence-electron chi connectivity index (χ4n) is 2.50. The lowest BCUT2D eigenvalue weighted by Gasteiger charge is -2.18. The molecule has 0 atom stereocenters. The van der Waals surface area contributed by atoms with Gasteiger partial charge in [-0.15, -0.1) is 0 Å². The Morgan fingerprint density at radius 3 is 2.36 bits per heavy atom. The SMILES string of the molecule is COc1ccc(C(=O)NCC(=O)N(C)CC(=O)Nc2cc(C)ccc2C)cc1. The fraction of sp³-hybridized carbons (Fsp3) is 0.286. The van der Waals surface area contributed by atoms with Crippen LogP contribution in [0.3, 0.4) is 0 Å². The first-order valence-electron chi connectivity index (χ1n) is 8.83. The number of ether oxygens (including phenoxy) is 1. The number of anilines is 1. The second-order valence-corrected chi connectivity index (χ2v) is 6.53. The van der Waals surface area contributed by atoms with Gasteiger partial charge >= 0.3 is 0 Å². The topological polar surface area (TPSA) is 87.7 Å². The van der Waals surface area contributed by atoms with Crippen LogP contribution in [0, 0.1) is 13.8 Å². The van der Waals surface area contributed by atoms with Gasteiger partial charge in [0.2, 0.25) is 11.8 Å². The van der Waals surface area contributed by atoms with Crippen molar-refractivity contribution in [2.24, 2.45) is 0 Å². The monoisotopic (exact) mass is 383 g/mol. The molecule has 7 heteroatoms. The Morgan fingerprint density at radius 2 is 1.71 bits per heavy atom. The summed E-state index contributed by atoms with van der Waals surface area (Å²) in [5, 5.41) is 5.36. The number of rotatable bonds is 7. The number of methoxy groups -OCH3 is 1. The van der Waals surface area contributed by atoms with Gasteiger partial charge in [-0.3, -0.25) is 14.4 Å². The summed E-state index contributed by atoms with van der Waals surface area (Å²) in [6.45, 7) is 3.54. The molecule has 7 nitrogen and oxygen atoms in total. The third kappa shape index (κ3) is 5.84. The minimum Gasteiger partial charge on any atom is -0.497 e. The minimum atomic E-state index is -0.371. The quantitative estimate of drug-likeness (QED) is 0.767. The molecule has 0 spiro atoms. The lowest BCUT2D eigenvalue weighted by Crippen LogP contribution is -2.41. The number of nitrogens with one attached hydrogen (secondary N) is 2. The van der Waals surface area contributed by atoms with E-state index in [-0.39, 0.29) is 30.8 Å². The van der Waals surface area contributed by atoms with Gasteiger partial charge in [0.25, 0.3) is 5.91 Å². The molecule has 0 saturated carbocycles. The highest BCUT2D eigenvalue weighted by molar-refractivity contribution is 5.98. The first kappa shape index (κ1) is 21.0. The maximum absolute atomic E-state index is 12.2. The van der Waals surface area contributed by atoms with Crippen molar-refractivity contribution in [1.82, 2.24) is 10.2 Å². The van der Waals surface area contributed by atoms with E-state index in [4.69, 9.17) is 4.74 Å². The maximum atomic E-state index is 12.2. The summed E-state index contributed by atoms with van der Waals surface area (Å²) in [5.41, 5.74) is 3.12. The number of amides is 3. The third-order valence-electron chi connectivity index (χ3n) is 4.23. The molecule has 0 bridgehead atoms. The van der Waals surface area contributed by atoms with E-state index in [9.17, 15) is 14.4 Å². The van der Waals surface area contributed by atoms with Gasteiger partial charge in [0.15, 0.2) is 0 Å². The van der Waals surface area contributed by atoms with E-state index < -0.39 is 0 Å². The van der Waals surface area contributed by atoms with Gasteiger partial charge < -0.3 is 20.3 Å². The average molecular weight is 383 g/mol. The first-order chi connectivity index (χ1) is 13.3. The number of nitrogens with zero attached hydrogens (tertiary/aromatic N) is 1. The summed E-state index contributed by atoms with van der Waals surface area (Å²) >= 11 is 0. The fourth-order valence-corrected chi connectivity index (χ4v) is 2.50. The van der Waals surface area contributed by atoms with Gasteiger partial charge in [0.1, 0.15) is 5.75 Å². The molecule has 2 rings (SSSR count). The largest absolute Gasteiger partial charge is 0.497 e. The molecule has 0 fully saturated rings. The highest BCUT2D eigenvalue weighted by Crippen LogP contribution is 2.16. The molecule has 0 aliphatic rings. The van der Waals surface area contributed by atoms with E-state index in [2.05, 4.69) is 10.6 Å². The Morgan fingerprint density at radius 1 is 1.04 bits per heavy atom. The van der Waals surface area contributed by atoms with E-state index in [1.807, 2.05) is 32.0 Å². The molecule has 2 aromatic rings. The zero-order valence-electron chi connectivity index (χ0n) is 16.5. The van der Waals surface area contributed by atoms with Crippen molar-refractivity contribution in [1.29, 1.82) is 0 Å². The number of benzene rings is 2. The molecular formula is C21H25N3O4. The van der Waals surface area contributed by atoms with Gasteiger partial charge in [-0.25, -0.2) is 0 Å². The van der Waals surface area contributed by atoms with E-state index >= 15 is 0 Å². The number of carbonyl (C=O) groups excluding carboxylic acids is 3. The summed E-state index contributed by atoms with van der Waals surface area (Å²) in [5.74, 6) is -0.393. The lowest BCUT2D eigenvalue weighted by atomic mass is 10.1. The summed E-state index contributed by atoms with van der Waals surface area (Å²) in [6.07, 6.45) is 0. The van der Waals surface area contributed by atoms with E-state index in [0.29, 0.717) is 11.3 Å². The molecule has 0 aliphatic heterocycles. The third-order valence-corrected chi connectivity index (χ3v) is 4.23. The molecular weight excluding hydrogens is 358 g/mol. The zero-order chi connectivity index (χ0) is 20.7. The van der Waals surface area contributed by atoms with Crippen molar-refractivity contribution in [3.8, 4) is 5.75 Å². The molecule has 2 N–H and O–H groups in total. The molecule has 2 aromatic carbocycles. The number of likely N-dealkylation sites (N-methyl/N-ethyl adjacent to an activating group) is 1. The number of hydrogen-bond donors (Lipinski definition) is 2. The van der Waals surface area contributed by atoms with Gasteiger partial charge in [-0.05, 0) is 55.3 Å². The van der Waals surface area contributed by atoms with Crippen molar-refractivity contribution >= 4 is 23.4 Å². The molecule has 3 amide bonds. The molecule has 0 heterocycles. The highest BCUT2D eigenvalue weighted by Gasteiger charge is 2.15. The Kier molecular flexibility index (Phi) is 7.14. The summed E-state index contributed by atoms with van der Waals surface area (Å²) in [7, 11) is 3.06. The van der Waals surface area contributed by atoms with Gasteiger partial charge in [-0.2, -0.15) is 0 Å². The smallest absolute Gasteiger partial charge is 0.251 e. The van der Waals surface area contributed by atoms with E-state index in [0.717, 1.165) is 16.8 Å². The summed E-state index contributed by atoms with van der Waals surface area (Å²) in [4.78, 5) is 37.8. The van der Waals surface area contributed by atoms with E-state index in [1.165, 1.54) is 11.9 Å². The summed E-state index contributed by atoms with van der Waals surface area (Å²) < 4.78 is 5.04. The molecule has 0 saturated heterocycles. The van der Waals surface area contributed by atoms with Crippen LogP contribution in [0.4, 0.5) is 5.69 Å². The van der Waals surface area contributed by atoms with Crippen LogP contribution in [-0.4, -0.2) is 49.9 Å². The normalized spacial score (nSPS) is 10.1. The number of hydrogen-bond acceptors (Lipinski definition) is 4. The number of aryl methyl sites for hydroxylation is 2. The molecule has 0 aromatic heterocycles. The van der Waals surface area contributed by atoms with Crippen molar-refractivity contribution in [3.05, 3.63) is 59.2 Å². The first-order valence-corrected chi connectivity index (χ1v) is 8.83. The van der Waals surface area contributed by atoms with Crippen molar-refractivity contribution in [2.75, 3.05) is 32.6 Å². The maximum Gasteiger partial charge on any atom is 0.251 e. The number of carbonyl (C=O) groups is 3. The minimum absolute atomic E-state index is 0.107.